The summed E-state index contributed by atoms with van der Waals surface area (Å²) in [6.45, 7) is 2.15. The third-order valence-corrected chi connectivity index (χ3v) is 2.67. The predicted octanol–water partition coefficient (Wildman–Crippen LogP) is 2.51. The third kappa shape index (κ3) is 3.29. The van der Waals surface area contributed by atoms with Crippen molar-refractivity contribution in [3.8, 4) is 0 Å². The Labute approximate surface area is 90.4 Å². The molecule has 1 unspecified atom stereocenters. The molecule has 1 rings (SSSR count). The second-order valence-corrected chi connectivity index (χ2v) is 3.85. The van der Waals surface area contributed by atoms with Crippen molar-refractivity contribution in [2.45, 2.75) is 32.2 Å². The van der Waals surface area contributed by atoms with Crippen LogP contribution in [0.5, 0.6) is 0 Å². The van der Waals surface area contributed by atoms with Gasteiger partial charge in [0.15, 0.2) is 0 Å². The van der Waals surface area contributed by atoms with E-state index in [0.717, 1.165) is 29.8 Å². The summed E-state index contributed by atoms with van der Waals surface area (Å²) < 4.78 is 0. The van der Waals surface area contributed by atoms with E-state index in [0.29, 0.717) is 6.04 Å². The van der Waals surface area contributed by atoms with Crippen LogP contribution in [-0.4, -0.2) is 6.04 Å². The molecule has 1 atom stereocenters. The maximum absolute atomic E-state index is 6.06. The van der Waals surface area contributed by atoms with E-state index in [1.165, 1.54) is 0 Å². The number of halogens is 1. The van der Waals surface area contributed by atoms with Crippen molar-refractivity contribution in [1.82, 2.24) is 5.43 Å². The molecule has 3 heteroatoms. The van der Waals surface area contributed by atoms with Gasteiger partial charge >= 0.3 is 0 Å². The third-order valence-electron chi connectivity index (χ3n) is 2.30. The van der Waals surface area contributed by atoms with Crippen molar-refractivity contribution in [1.29, 1.82) is 0 Å². The molecule has 0 fully saturated rings. The first-order chi connectivity index (χ1) is 6.77. The highest BCUT2D eigenvalue weighted by Gasteiger charge is 2.08. The molecule has 1 aromatic rings. The van der Waals surface area contributed by atoms with Gasteiger partial charge in [0.25, 0.3) is 0 Å². The lowest BCUT2D eigenvalue weighted by molar-refractivity contribution is 0.486. The number of hydrogen-bond donors (Lipinski definition) is 2. The van der Waals surface area contributed by atoms with Gasteiger partial charge in [-0.25, -0.2) is 0 Å². The van der Waals surface area contributed by atoms with Gasteiger partial charge < -0.3 is 0 Å². The Balaban J connectivity index is 2.62. The fraction of sp³-hybridized carbons (Fsp3) is 0.455. The Hall–Kier alpha value is -0.570. The van der Waals surface area contributed by atoms with Crippen LogP contribution in [0.4, 0.5) is 0 Å². The minimum atomic E-state index is 0.319. The molecule has 0 saturated carbocycles. The lowest BCUT2D eigenvalue weighted by Gasteiger charge is -2.15. The molecule has 0 aliphatic carbocycles. The van der Waals surface area contributed by atoms with E-state index in [9.17, 15) is 0 Å². The highest BCUT2D eigenvalue weighted by Crippen LogP contribution is 2.17. The standard InChI is InChI=1S/C11H17ClN2/c1-2-5-10(14-13)8-9-6-3-4-7-11(9)12/h3-4,6-7,10,14H,2,5,8,13H2,1H3. The number of nitrogens with one attached hydrogen (secondary N) is 1. The fourth-order valence-corrected chi connectivity index (χ4v) is 1.74. The monoisotopic (exact) mass is 212 g/mol. The van der Waals surface area contributed by atoms with Gasteiger partial charge in [-0.2, -0.15) is 0 Å². The Morgan fingerprint density at radius 3 is 2.71 bits per heavy atom. The van der Waals surface area contributed by atoms with Crippen LogP contribution in [-0.2, 0) is 6.42 Å². The summed E-state index contributed by atoms with van der Waals surface area (Å²) in [5.74, 6) is 5.46. The van der Waals surface area contributed by atoms with Crippen molar-refractivity contribution >= 4 is 11.6 Å². The number of rotatable bonds is 5. The van der Waals surface area contributed by atoms with Gasteiger partial charge in [0.1, 0.15) is 0 Å². The van der Waals surface area contributed by atoms with Gasteiger partial charge in [-0.15, -0.1) is 0 Å². The zero-order chi connectivity index (χ0) is 10.4. The Morgan fingerprint density at radius 2 is 2.14 bits per heavy atom. The van der Waals surface area contributed by atoms with Gasteiger partial charge in [-0.3, -0.25) is 11.3 Å². The van der Waals surface area contributed by atoms with Crippen LogP contribution < -0.4 is 11.3 Å². The normalized spacial score (nSPS) is 12.8. The molecular formula is C11H17ClN2. The zero-order valence-corrected chi connectivity index (χ0v) is 9.22. The molecule has 0 aromatic heterocycles. The van der Waals surface area contributed by atoms with Crippen molar-refractivity contribution in [2.24, 2.45) is 5.84 Å². The van der Waals surface area contributed by atoms with Gasteiger partial charge in [0.05, 0.1) is 0 Å². The zero-order valence-electron chi connectivity index (χ0n) is 8.46. The summed E-state index contributed by atoms with van der Waals surface area (Å²) in [5.41, 5.74) is 3.98. The van der Waals surface area contributed by atoms with Gasteiger partial charge in [0, 0.05) is 11.1 Å². The van der Waals surface area contributed by atoms with E-state index in [1.807, 2.05) is 24.3 Å². The van der Waals surface area contributed by atoms with Crippen LogP contribution in [0.1, 0.15) is 25.3 Å². The van der Waals surface area contributed by atoms with Gasteiger partial charge in [-0.1, -0.05) is 43.1 Å². The number of nitrogens with two attached hydrogens (primary N) is 1. The molecule has 14 heavy (non-hydrogen) atoms. The summed E-state index contributed by atoms with van der Waals surface area (Å²) >= 11 is 6.06. The van der Waals surface area contributed by atoms with E-state index in [-0.39, 0.29) is 0 Å². The molecule has 0 aliphatic heterocycles. The summed E-state index contributed by atoms with van der Waals surface area (Å²) in [6, 6.07) is 8.22. The maximum Gasteiger partial charge on any atom is 0.0438 e. The van der Waals surface area contributed by atoms with Crippen molar-refractivity contribution in [3.05, 3.63) is 34.9 Å². The molecule has 0 saturated heterocycles. The molecule has 0 amide bonds. The molecule has 0 spiro atoms. The molecule has 0 aliphatic rings. The van der Waals surface area contributed by atoms with Crippen LogP contribution >= 0.6 is 11.6 Å². The highest BCUT2D eigenvalue weighted by molar-refractivity contribution is 6.31. The lowest BCUT2D eigenvalue weighted by atomic mass is 10.0. The van der Waals surface area contributed by atoms with Crippen LogP contribution in [0.25, 0.3) is 0 Å². The molecule has 78 valence electrons. The van der Waals surface area contributed by atoms with E-state index in [1.54, 1.807) is 0 Å². The van der Waals surface area contributed by atoms with E-state index in [2.05, 4.69) is 12.3 Å². The first-order valence-corrected chi connectivity index (χ1v) is 5.35. The molecule has 0 bridgehead atoms. The van der Waals surface area contributed by atoms with Crippen molar-refractivity contribution in [2.75, 3.05) is 0 Å². The molecule has 0 radical (unpaired) electrons. The summed E-state index contributed by atoms with van der Waals surface area (Å²) in [6.07, 6.45) is 3.09. The Morgan fingerprint density at radius 1 is 1.43 bits per heavy atom. The number of benzene rings is 1. The van der Waals surface area contributed by atoms with E-state index >= 15 is 0 Å². The number of hydrazine groups is 1. The first kappa shape index (κ1) is 11.5. The van der Waals surface area contributed by atoms with Crippen LogP contribution in [0.3, 0.4) is 0 Å². The molecule has 2 nitrogen and oxygen atoms in total. The first-order valence-electron chi connectivity index (χ1n) is 4.97. The predicted molar refractivity (Wildman–Crippen MR) is 61.2 cm³/mol. The minimum Gasteiger partial charge on any atom is -0.271 e. The largest absolute Gasteiger partial charge is 0.271 e. The summed E-state index contributed by atoms with van der Waals surface area (Å²) in [5, 5.41) is 0.823. The average molecular weight is 213 g/mol. The van der Waals surface area contributed by atoms with Crippen LogP contribution in [0, 0.1) is 0 Å². The van der Waals surface area contributed by atoms with Gasteiger partial charge in [0.2, 0.25) is 0 Å². The lowest BCUT2D eigenvalue weighted by Crippen LogP contribution is -2.36. The van der Waals surface area contributed by atoms with Gasteiger partial charge in [-0.05, 0) is 24.5 Å². The maximum atomic E-state index is 6.06. The summed E-state index contributed by atoms with van der Waals surface area (Å²) in [7, 11) is 0. The van der Waals surface area contributed by atoms with E-state index < -0.39 is 0 Å². The quantitative estimate of drug-likeness (QED) is 0.582. The fourth-order valence-electron chi connectivity index (χ4n) is 1.52. The van der Waals surface area contributed by atoms with Crippen molar-refractivity contribution < 1.29 is 0 Å². The topological polar surface area (TPSA) is 38.0 Å². The average Bonchev–Trinajstić information content (AvgIpc) is 2.20. The molecule has 0 heterocycles. The molecule has 3 N–H and O–H groups in total. The van der Waals surface area contributed by atoms with Crippen LogP contribution in [0.2, 0.25) is 5.02 Å². The Bertz CT molecular complexity index is 276. The summed E-state index contributed by atoms with van der Waals surface area (Å²) in [4.78, 5) is 0. The SMILES string of the molecule is CCCC(Cc1ccccc1Cl)NN. The molecule has 1 aromatic carbocycles. The van der Waals surface area contributed by atoms with Crippen molar-refractivity contribution in [3.63, 3.8) is 0 Å². The second-order valence-electron chi connectivity index (χ2n) is 3.45. The van der Waals surface area contributed by atoms with Crippen LogP contribution in [0.15, 0.2) is 24.3 Å². The second kappa shape index (κ2) is 6.02. The number of hydrogen-bond acceptors (Lipinski definition) is 2. The minimum absolute atomic E-state index is 0.319. The Kier molecular flexibility index (Phi) is 4.94. The highest BCUT2D eigenvalue weighted by atomic mass is 35.5. The van der Waals surface area contributed by atoms with E-state index in [4.69, 9.17) is 17.4 Å². The molecular weight excluding hydrogens is 196 g/mol. The smallest absolute Gasteiger partial charge is 0.0438 e.